The summed E-state index contributed by atoms with van der Waals surface area (Å²) in [6.45, 7) is 0. The standard InChI is InChI=1S/C26H20ClN2O/c1-28-25(21-12-14-23(27)15-13-21)18-30-26-17-22(19-8-4-2-5-9-19)16-24(29(26)28)20-10-6-3-7-11-20/h2-18H,1H3/q+1. The van der Waals surface area contributed by atoms with E-state index in [-0.39, 0.29) is 0 Å². The Morgan fingerprint density at radius 1 is 0.700 bits per heavy atom. The molecule has 3 aromatic carbocycles. The molecule has 0 fully saturated rings. The van der Waals surface area contributed by atoms with Crippen molar-refractivity contribution in [3.63, 3.8) is 0 Å². The molecule has 2 heterocycles. The number of benzene rings is 3. The number of pyridine rings is 1. The van der Waals surface area contributed by atoms with Gasteiger partial charge in [0.2, 0.25) is 5.69 Å². The molecule has 0 saturated heterocycles. The molecule has 0 N–H and O–H groups in total. The van der Waals surface area contributed by atoms with E-state index >= 15 is 0 Å². The maximum Gasteiger partial charge on any atom is 0.403 e. The van der Waals surface area contributed by atoms with E-state index in [2.05, 4.69) is 70.3 Å². The van der Waals surface area contributed by atoms with Crippen LogP contribution in [0.2, 0.25) is 5.02 Å². The van der Waals surface area contributed by atoms with Gasteiger partial charge in [0, 0.05) is 22.2 Å². The van der Waals surface area contributed by atoms with Gasteiger partial charge in [-0.15, -0.1) is 5.01 Å². The molecule has 1 aliphatic heterocycles. The van der Waals surface area contributed by atoms with E-state index in [9.17, 15) is 0 Å². The zero-order valence-electron chi connectivity index (χ0n) is 16.5. The molecule has 1 aromatic heterocycles. The van der Waals surface area contributed by atoms with E-state index in [1.165, 1.54) is 0 Å². The molecule has 0 aliphatic carbocycles. The molecule has 0 amide bonds. The van der Waals surface area contributed by atoms with Crippen molar-refractivity contribution in [3.05, 3.63) is 114 Å². The minimum Gasteiger partial charge on any atom is -0.409 e. The summed E-state index contributed by atoms with van der Waals surface area (Å²) < 4.78 is 8.24. The minimum atomic E-state index is 0.712. The Hall–Kier alpha value is -3.56. The van der Waals surface area contributed by atoms with Crippen LogP contribution in [0.1, 0.15) is 5.56 Å². The molecule has 3 nitrogen and oxygen atoms in total. The van der Waals surface area contributed by atoms with Crippen molar-refractivity contribution in [2.75, 3.05) is 12.1 Å². The van der Waals surface area contributed by atoms with Crippen molar-refractivity contribution < 1.29 is 9.41 Å². The van der Waals surface area contributed by atoms with E-state index in [0.29, 0.717) is 5.02 Å². The van der Waals surface area contributed by atoms with Crippen LogP contribution in [0.3, 0.4) is 0 Å². The monoisotopic (exact) mass is 411 g/mol. The molecule has 0 unspecified atom stereocenters. The number of aromatic nitrogens is 1. The Kier molecular flexibility index (Phi) is 4.74. The second-order valence-corrected chi connectivity index (χ2v) is 7.60. The van der Waals surface area contributed by atoms with Gasteiger partial charge in [-0.1, -0.05) is 72.3 Å². The van der Waals surface area contributed by atoms with Crippen LogP contribution < -0.4 is 14.4 Å². The van der Waals surface area contributed by atoms with Crippen LogP contribution in [0.5, 0.6) is 5.88 Å². The largest absolute Gasteiger partial charge is 0.409 e. The van der Waals surface area contributed by atoms with E-state index in [4.69, 9.17) is 16.3 Å². The quantitative estimate of drug-likeness (QED) is 0.389. The molecular weight excluding hydrogens is 392 g/mol. The highest BCUT2D eigenvalue weighted by Crippen LogP contribution is 2.31. The Balaban J connectivity index is 1.68. The van der Waals surface area contributed by atoms with Crippen molar-refractivity contribution in [2.24, 2.45) is 0 Å². The number of hydrogen-bond donors (Lipinski definition) is 0. The van der Waals surface area contributed by atoms with Gasteiger partial charge in [-0.2, -0.15) is 0 Å². The average molecular weight is 412 g/mol. The molecule has 0 atom stereocenters. The molecule has 146 valence electrons. The summed E-state index contributed by atoms with van der Waals surface area (Å²) in [7, 11) is 2.04. The second kappa shape index (κ2) is 7.69. The zero-order chi connectivity index (χ0) is 20.5. The first-order valence-electron chi connectivity index (χ1n) is 9.78. The number of ether oxygens (including phenoxy) is 1. The Morgan fingerprint density at radius 3 is 2.00 bits per heavy atom. The maximum atomic E-state index is 6.14. The molecule has 4 aromatic rings. The van der Waals surface area contributed by atoms with Gasteiger partial charge >= 0.3 is 5.88 Å². The maximum absolute atomic E-state index is 6.14. The van der Waals surface area contributed by atoms with Crippen molar-refractivity contribution >= 4 is 17.3 Å². The first-order chi connectivity index (χ1) is 14.7. The summed E-state index contributed by atoms with van der Waals surface area (Å²) >= 11 is 6.08. The van der Waals surface area contributed by atoms with Crippen LogP contribution in [0.4, 0.5) is 0 Å². The molecule has 4 heteroatoms. The van der Waals surface area contributed by atoms with E-state index in [0.717, 1.165) is 39.5 Å². The lowest BCUT2D eigenvalue weighted by atomic mass is 10.0. The van der Waals surface area contributed by atoms with Crippen LogP contribution in [0.15, 0.2) is 103 Å². The molecule has 0 spiro atoms. The topological polar surface area (TPSA) is 16.4 Å². The number of halogens is 1. The predicted molar refractivity (Wildman–Crippen MR) is 122 cm³/mol. The minimum absolute atomic E-state index is 0.712. The lowest BCUT2D eigenvalue weighted by Crippen LogP contribution is -2.57. The van der Waals surface area contributed by atoms with Crippen molar-refractivity contribution in [1.82, 2.24) is 0 Å². The number of hydrogen-bond acceptors (Lipinski definition) is 2. The van der Waals surface area contributed by atoms with E-state index < -0.39 is 0 Å². The Morgan fingerprint density at radius 2 is 1.33 bits per heavy atom. The molecule has 0 radical (unpaired) electrons. The molecule has 1 aliphatic rings. The van der Waals surface area contributed by atoms with Crippen LogP contribution in [-0.4, -0.2) is 7.05 Å². The second-order valence-electron chi connectivity index (χ2n) is 7.16. The third kappa shape index (κ3) is 3.34. The van der Waals surface area contributed by atoms with Gasteiger partial charge in [0.1, 0.15) is 12.0 Å². The summed E-state index contributed by atoms with van der Waals surface area (Å²) in [6.07, 6.45) is 1.79. The van der Waals surface area contributed by atoms with E-state index in [1.54, 1.807) is 6.26 Å². The summed E-state index contributed by atoms with van der Waals surface area (Å²) in [5.74, 6) is 0.760. The number of rotatable bonds is 3. The molecule has 5 rings (SSSR count). The van der Waals surface area contributed by atoms with Gasteiger partial charge in [0.15, 0.2) is 0 Å². The summed E-state index contributed by atoms with van der Waals surface area (Å²) in [5.41, 5.74) is 6.41. The highest BCUT2D eigenvalue weighted by Gasteiger charge is 2.32. The zero-order valence-corrected chi connectivity index (χ0v) is 17.3. The van der Waals surface area contributed by atoms with Crippen LogP contribution in [0.25, 0.3) is 28.1 Å². The summed E-state index contributed by atoms with van der Waals surface area (Å²) in [4.78, 5) is 0. The SMILES string of the molecule is CN1C(c2ccc(Cl)cc2)=COc2cc(-c3ccccc3)cc(-c3ccccc3)[n+]21. The normalized spacial score (nSPS) is 12.7. The Bertz CT molecular complexity index is 1220. The first-order valence-corrected chi connectivity index (χ1v) is 10.2. The third-order valence-electron chi connectivity index (χ3n) is 5.26. The lowest BCUT2D eigenvalue weighted by molar-refractivity contribution is -0.676. The van der Waals surface area contributed by atoms with Crippen LogP contribution in [-0.2, 0) is 0 Å². The average Bonchev–Trinajstić information content (AvgIpc) is 2.80. The molecule has 0 bridgehead atoms. The molecular formula is C26H20ClN2O+. The Labute approximate surface area is 181 Å². The number of nitrogens with zero attached hydrogens (tertiary/aromatic N) is 2. The van der Waals surface area contributed by atoms with Crippen molar-refractivity contribution in [1.29, 1.82) is 0 Å². The summed E-state index contributed by atoms with van der Waals surface area (Å²) in [6, 6.07) is 32.8. The fraction of sp³-hybridized carbons (Fsp3) is 0.0385. The van der Waals surface area contributed by atoms with Gasteiger partial charge in [0.25, 0.3) is 0 Å². The first kappa shape index (κ1) is 18.5. The van der Waals surface area contributed by atoms with E-state index in [1.807, 2.05) is 43.4 Å². The highest BCUT2D eigenvalue weighted by atomic mass is 35.5. The van der Waals surface area contributed by atoms with Crippen LogP contribution >= 0.6 is 11.6 Å². The van der Waals surface area contributed by atoms with Crippen molar-refractivity contribution in [2.45, 2.75) is 0 Å². The van der Waals surface area contributed by atoms with Gasteiger partial charge in [-0.25, -0.2) is 0 Å². The molecule has 30 heavy (non-hydrogen) atoms. The highest BCUT2D eigenvalue weighted by molar-refractivity contribution is 6.30. The predicted octanol–water partition coefficient (Wildman–Crippen LogP) is 5.92. The van der Waals surface area contributed by atoms with Gasteiger partial charge in [-0.05, 0) is 40.1 Å². The smallest absolute Gasteiger partial charge is 0.403 e. The van der Waals surface area contributed by atoms with Crippen molar-refractivity contribution in [3.8, 4) is 28.3 Å². The third-order valence-corrected chi connectivity index (χ3v) is 5.52. The molecule has 0 saturated carbocycles. The fourth-order valence-corrected chi connectivity index (χ4v) is 3.87. The fourth-order valence-electron chi connectivity index (χ4n) is 3.74. The van der Waals surface area contributed by atoms with Crippen LogP contribution in [0, 0.1) is 0 Å². The lowest BCUT2D eigenvalue weighted by Gasteiger charge is -2.24. The number of fused-ring (bicyclic) bond motifs is 1. The van der Waals surface area contributed by atoms with Gasteiger partial charge in [-0.3, -0.25) is 0 Å². The summed E-state index contributed by atoms with van der Waals surface area (Å²) in [5, 5.41) is 2.82. The van der Waals surface area contributed by atoms with Gasteiger partial charge < -0.3 is 4.74 Å². The van der Waals surface area contributed by atoms with Gasteiger partial charge in [0.05, 0.1) is 13.1 Å².